The molecule has 0 saturated carbocycles. The molecule has 32 heavy (non-hydrogen) atoms. The summed E-state index contributed by atoms with van der Waals surface area (Å²) in [7, 11) is 0. The summed E-state index contributed by atoms with van der Waals surface area (Å²) in [5.41, 5.74) is -0.992. The molecular weight excluding hydrogens is 424 g/mol. The summed E-state index contributed by atoms with van der Waals surface area (Å²) in [6.45, 7) is 0. The van der Waals surface area contributed by atoms with Crippen molar-refractivity contribution in [1.29, 1.82) is 0 Å². The first kappa shape index (κ1) is 20.5. The van der Waals surface area contributed by atoms with E-state index in [2.05, 4.69) is 0 Å². The fourth-order valence-electron chi connectivity index (χ4n) is 3.40. The van der Waals surface area contributed by atoms with E-state index in [9.17, 15) is 29.1 Å². The lowest BCUT2D eigenvalue weighted by Gasteiger charge is -2.14. The van der Waals surface area contributed by atoms with Gasteiger partial charge in [0.2, 0.25) is 11.5 Å². The molecule has 2 aromatic carbocycles. The van der Waals surface area contributed by atoms with Gasteiger partial charge in [0.1, 0.15) is 17.1 Å². The molecule has 0 saturated heterocycles. The molecule has 0 spiro atoms. The van der Waals surface area contributed by atoms with E-state index in [-0.39, 0.29) is 33.1 Å². The van der Waals surface area contributed by atoms with Gasteiger partial charge in [-0.15, -0.1) is 0 Å². The first-order valence-electron chi connectivity index (χ1n) is 9.00. The van der Waals surface area contributed by atoms with Crippen LogP contribution in [0.4, 0.5) is 0 Å². The maximum absolute atomic E-state index is 12.3. The van der Waals surface area contributed by atoms with Gasteiger partial charge in [0.25, 0.3) is 0 Å². The number of aliphatic carboxylic acids is 1. The minimum atomic E-state index is -1.42. The summed E-state index contributed by atoms with van der Waals surface area (Å²) in [5.74, 6) is -6.50. The molecule has 0 amide bonds. The summed E-state index contributed by atoms with van der Waals surface area (Å²) >= 11 is 0. The van der Waals surface area contributed by atoms with Crippen molar-refractivity contribution in [3.8, 4) is 0 Å². The van der Waals surface area contributed by atoms with Crippen molar-refractivity contribution in [2.45, 2.75) is 5.92 Å². The molecule has 10 nitrogen and oxygen atoms in total. The third-order valence-corrected chi connectivity index (χ3v) is 4.84. The number of fused-ring (bicyclic) bond motifs is 2. The van der Waals surface area contributed by atoms with E-state index in [1.165, 1.54) is 36.4 Å². The highest BCUT2D eigenvalue weighted by molar-refractivity contribution is 5.90. The minimum Gasteiger partial charge on any atom is -0.481 e. The van der Waals surface area contributed by atoms with Gasteiger partial charge < -0.3 is 24.2 Å². The van der Waals surface area contributed by atoms with Crippen molar-refractivity contribution in [2.75, 3.05) is 0 Å². The summed E-state index contributed by atoms with van der Waals surface area (Å²) in [6.07, 6.45) is 0. The second kappa shape index (κ2) is 7.51. The predicted octanol–water partition coefficient (Wildman–Crippen LogP) is 2.51. The van der Waals surface area contributed by atoms with Crippen LogP contribution in [0.2, 0.25) is 0 Å². The van der Waals surface area contributed by atoms with E-state index in [4.69, 9.17) is 19.0 Å². The second-order valence-corrected chi connectivity index (χ2v) is 6.84. The molecule has 0 aliphatic heterocycles. The minimum absolute atomic E-state index is 0.00912. The molecule has 0 bridgehead atoms. The Bertz CT molecular complexity index is 1450. The highest BCUT2D eigenvalue weighted by Crippen LogP contribution is 2.29. The highest BCUT2D eigenvalue weighted by atomic mass is 16.4. The quantitative estimate of drug-likeness (QED) is 0.422. The van der Waals surface area contributed by atoms with E-state index in [1.54, 1.807) is 0 Å². The van der Waals surface area contributed by atoms with E-state index >= 15 is 0 Å². The average Bonchev–Trinajstić information content (AvgIpc) is 2.74. The third kappa shape index (κ3) is 3.49. The number of benzene rings is 2. The van der Waals surface area contributed by atoms with Crippen LogP contribution in [-0.4, -0.2) is 33.2 Å². The summed E-state index contributed by atoms with van der Waals surface area (Å²) < 4.78 is 10.3. The smallest absolute Gasteiger partial charge is 0.371 e. The van der Waals surface area contributed by atoms with Crippen LogP contribution < -0.4 is 10.9 Å². The molecule has 0 unspecified atom stereocenters. The highest BCUT2D eigenvalue weighted by Gasteiger charge is 2.24. The number of carbonyl (C=O) groups is 3. The molecule has 2 aromatic heterocycles. The number of aromatic carboxylic acids is 2. The molecule has 10 heteroatoms. The van der Waals surface area contributed by atoms with Gasteiger partial charge in [-0.3, -0.25) is 14.4 Å². The fraction of sp³-hybridized carbons (Fsp3) is 0.0455. The van der Waals surface area contributed by atoms with Crippen LogP contribution in [0.1, 0.15) is 38.2 Å². The molecule has 0 aliphatic carbocycles. The Morgan fingerprint density at radius 2 is 1.06 bits per heavy atom. The van der Waals surface area contributed by atoms with Crippen molar-refractivity contribution in [3.05, 3.63) is 91.6 Å². The van der Waals surface area contributed by atoms with Crippen molar-refractivity contribution in [3.63, 3.8) is 0 Å². The Kier molecular flexibility index (Phi) is 4.82. The molecule has 3 N–H and O–H groups in total. The molecule has 0 atom stereocenters. The summed E-state index contributed by atoms with van der Waals surface area (Å²) in [5, 5.41) is 27.8. The van der Waals surface area contributed by atoms with Crippen molar-refractivity contribution < 1.29 is 38.5 Å². The zero-order chi connectivity index (χ0) is 23.2. The number of hydrogen-bond donors (Lipinski definition) is 3. The molecule has 0 fully saturated rings. The van der Waals surface area contributed by atoms with Gasteiger partial charge in [0.15, 0.2) is 10.9 Å². The third-order valence-electron chi connectivity index (χ3n) is 4.84. The van der Waals surface area contributed by atoms with Crippen molar-refractivity contribution in [1.82, 2.24) is 0 Å². The Morgan fingerprint density at radius 1 is 0.656 bits per heavy atom. The van der Waals surface area contributed by atoms with E-state index in [1.807, 2.05) is 0 Å². The van der Waals surface area contributed by atoms with Gasteiger partial charge in [-0.05, 0) is 35.4 Å². The van der Waals surface area contributed by atoms with Crippen LogP contribution in [0.3, 0.4) is 0 Å². The van der Waals surface area contributed by atoms with Crippen molar-refractivity contribution >= 4 is 39.8 Å². The SMILES string of the molecule is O=C(O)c1cc(=O)c2cc(C(C(=O)O)c3ccc4oc(C(=O)O)cc(=O)c4c3)ccc2o1. The monoisotopic (exact) mass is 436 g/mol. The van der Waals surface area contributed by atoms with Gasteiger partial charge in [-0.25, -0.2) is 9.59 Å². The van der Waals surface area contributed by atoms with Crippen LogP contribution in [0, 0.1) is 0 Å². The van der Waals surface area contributed by atoms with E-state index in [0.717, 1.165) is 12.1 Å². The standard InChI is InChI=1S/C22H12O10/c23-13-7-17(20(25)26)31-15-3-1-9(5-11(13)15)19(22(29)30)10-2-4-16-12(6-10)14(24)8-18(32-16)21(27)28/h1-8,19H,(H,25,26)(H,27,28)(H,29,30). The van der Waals surface area contributed by atoms with Crippen LogP contribution >= 0.6 is 0 Å². The number of hydrogen-bond acceptors (Lipinski definition) is 7. The Balaban J connectivity index is 1.88. The fourth-order valence-corrected chi connectivity index (χ4v) is 3.40. The maximum Gasteiger partial charge on any atom is 0.371 e. The van der Waals surface area contributed by atoms with Crippen LogP contribution in [0.5, 0.6) is 0 Å². The van der Waals surface area contributed by atoms with Crippen LogP contribution in [-0.2, 0) is 4.79 Å². The Hall–Kier alpha value is -4.73. The normalized spacial score (nSPS) is 11.2. The molecule has 160 valence electrons. The summed E-state index contributed by atoms with van der Waals surface area (Å²) in [4.78, 5) is 58.8. The number of rotatable bonds is 5. The molecular formula is C22H12O10. The maximum atomic E-state index is 12.3. The van der Waals surface area contributed by atoms with Gasteiger partial charge in [0, 0.05) is 12.1 Å². The van der Waals surface area contributed by atoms with Gasteiger partial charge in [-0.1, -0.05) is 12.1 Å². The predicted molar refractivity (Wildman–Crippen MR) is 108 cm³/mol. The van der Waals surface area contributed by atoms with E-state index < -0.39 is 46.2 Å². The van der Waals surface area contributed by atoms with Crippen LogP contribution in [0.15, 0.2) is 67.0 Å². The lowest BCUT2D eigenvalue weighted by Crippen LogP contribution is -2.15. The van der Waals surface area contributed by atoms with Gasteiger partial charge in [-0.2, -0.15) is 0 Å². The first-order chi connectivity index (χ1) is 15.2. The lowest BCUT2D eigenvalue weighted by molar-refractivity contribution is -0.137. The summed E-state index contributed by atoms with van der Waals surface area (Å²) in [6, 6.07) is 9.49. The van der Waals surface area contributed by atoms with Gasteiger partial charge >= 0.3 is 17.9 Å². The number of carboxylic acid groups (broad SMARTS) is 3. The topological polar surface area (TPSA) is 172 Å². The molecule has 4 rings (SSSR count). The van der Waals surface area contributed by atoms with Gasteiger partial charge in [0.05, 0.1) is 10.8 Å². The number of carboxylic acids is 3. The van der Waals surface area contributed by atoms with E-state index in [0.29, 0.717) is 0 Å². The average molecular weight is 436 g/mol. The first-order valence-corrected chi connectivity index (χ1v) is 9.00. The largest absolute Gasteiger partial charge is 0.481 e. The van der Waals surface area contributed by atoms with Crippen LogP contribution in [0.25, 0.3) is 21.9 Å². The van der Waals surface area contributed by atoms with Crippen molar-refractivity contribution in [2.24, 2.45) is 0 Å². The zero-order valence-corrected chi connectivity index (χ0v) is 15.9. The Labute approximate surface area is 176 Å². The Morgan fingerprint density at radius 3 is 1.41 bits per heavy atom. The molecule has 2 heterocycles. The molecule has 0 aliphatic rings. The molecule has 0 radical (unpaired) electrons. The lowest BCUT2D eigenvalue weighted by atomic mass is 9.90. The zero-order valence-electron chi connectivity index (χ0n) is 15.9. The second-order valence-electron chi connectivity index (χ2n) is 6.84. The molecule has 4 aromatic rings.